The Morgan fingerprint density at radius 2 is 1.75 bits per heavy atom. The minimum atomic E-state index is 0.347. The lowest BCUT2D eigenvalue weighted by atomic mass is 10.1. The normalized spacial score (nSPS) is 12.2. The van der Waals surface area contributed by atoms with Gasteiger partial charge >= 0.3 is 0 Å². The minimum Gasteiger partial charge on any atom is -0.492 e. The van der Waals surface area contributed by atoms with E-state index in [1.807, 2.05) is 12.1 Å². The summed E-state index contributed by atoms with van der Waals surface area (Å²) in [6.07, 6.45) is 0. The fourth-order valence-electron chi connectivity index (χ4n) is 2.11. The third kappa shape index (κ3) is 4.10. The van der Waals surface area contributed by atoms with Gasteiger partial charge in [0.25, 0.3) is 0 Å². The summed E-state index contributed by atoms with van der Waals surface area (Å²) in [6, 6.07) is 17.0. The summed E-state index contributed by atoms with van der Waals surface area (Å²) in [5.41, 5.74) is 3.87. The van der Waals surface area contributed by atoms with E-state index in [1.54, 1.807) is 0 Å². The van der Waals surface area contributed by atoms with Gasteiger partial charge in [-0.25, -0.2) is 0 Å². The molecule has 0 saturated carbocycles. The van der Waals surface area contributed by atoms with Crippen molar-refractivity contribution in [1.82, 2.24) is 5.32 Å². The average molecular weight is 269 g/mol. The molecule has 1 atom stereocenters. The molecule has 106 valence electrons. The van der Waals surface area contributed by atoms with Gasteiger partial charge in [-0.2, -0.15) is 0 Å². The number of ether oxygens (including phenoxy) is 1. The van der Waals surface area contributed by atoms with Gasteiger partial charge in [0.05, 0.1) is 0 Å². The number of aryl methyl sites for hydroxylation is 2. The van der Waals surface area contributed by atoms with Crippen LogP contribution in [0, 0.1) is 13.8 Å². The maximum atomic E-state index is 5.77. The van der Waals surface area contributed by atoms with Gasteiger partial charge in [-0.05, 0) is 49.6 Å². The van der Waals surface area contributed by atoms with Crippen LogP contribution in [0.3, 0.4) is 0 Å². The zero-order valence-electron chi connectivity index (χ0n) is 12.5. The first-order valence-electron chi connectivity index (χ1n) is 7.15. The predicted molar refractivity (Wildman–Crippen MR) is 84.3 cm³/mol. The third-order valence-electron chi connectivity index (χ3n) is 3.60. The van der Waals surface area contributed by atoms with Crippen molar-refractivity contribution >= 4 is 0 Å². The third-order valence-corrected chi connectivity index (χ3v) is 3.60. The highest BCUT2D eigenvalue weighted by molar-refractivity contribution is 5.33. The second kappa shape index (κ2) is 7.11. The van der Waals surface area contributed by atoms with Crippen LogP contribution >= 0.6 is 0 Å². The SMILES string of the molecule is Cc1ccc(OCCN[C@H](C)c2ccccc2)cc1C. The molecule has 2 aromatic rings. The number of hydrogen-bond donors (Lipinski definition) is 1. The van der Waals surface area contributed by atoms with E-state index in [9.17, 15) is 0 Å². The Morgan fingerprint density at radius 3 is 2.45 bits per heavy atom. The molecule has 0 fully saturated rings. The van der Waals surface area contributed by atoms with Gasteiger partial charge in [-0.3, -0.25) is 0 Å². The van der Waals surface area contributed by atoms with Crippen LogP contribution in [0.1, 0.15) is 29.7 Å². The highest BCUT2D eigenvalue weighted by Crippen LogP contribution is 2.16. The molecule has 2 heteroatoms. The van der Waals surface area contributed by atoms with Crippen molar-refractivity contribution in [2.24, 2.45) is 0 Å². The summed E-state index contributed by atoms with van der Waals surface area (Å²) in [5, 5.41) is 3.47. The van der Waals surface area contributed by atoms with E-state index in [0.717, 1.165) is 12.3 Å². The summed E-state index contributed by atoms with van der Waals surface area (Å²) in [7, 11) is 0. The maximum Gasteiger partial charge on any atom is 0.119 e. The lowest BCUT2D eigenvalue weighted by Gasteiger charge is -2.15. The van der Waals surface area contributed by atoms with Crippen LogP contribution in [0.2, 0.25) is 0 Å². The van der Waals surface area contributed by atoms with Crippen LogP contribution in [-0.4, -0.2) is 13.2 Å². The Labute approximate surface area is 121 Å². The van der Waals surface area contributed by atoms with E-state index in [4.69, 9.17) is 4.74 Å². The second-order valence-electron chi connectivity index (χ2n) is 5.18. The molecule has 0 unspecified atom stereocenters. The molecule has 0 radical (unpaired) electrons. The first-order chi connectivity index (χ1) is 9.66. The van der Waals surface area contributed by atoms with E-state index in [0.29, 0.717) is 12.6 Å². The van der Waals surface area contributed by atoms with Crippen molar-refractivity contribution in [3.05, 3.63) is 65.2 Å². The van der Waals surface area contributed by atoms with E-state index in [1.165, 1.54) is 16.7 Å². The zero-order chi connectivity index (χ0) is 14.4. The number of benzene rings is 2. The quantitative estimate of drug-likeness (QED) is 0.799. The molecule has 2 aromatic carbocycles. The topological polar surface area (TPSA) is 21.3 Å². The van der Waals surface area contributed by atoms with E-state index in [2.05, 4.69) is 62.5 Å². The van der Waals surface area contributed by atoms with E-state index in [-0.39, 0.29) is 0 Å². The Kier molecular flexibility index (Phi) is 5.19. The number of hydrogen-bond acceptors (Lipinski definition) is 2. The molecule has 2 nitrogen and oxygen atoms in total. The van der Waals surface area contributed by atoms with Crippen LogP contribution < -0.4 is 10.1 Å². The molecule has 0 aliphatic heterocycles. The van der Waals surface area contributed by atoms with Crippen molar-refractivity contribution in [3.8, 4) is 5.75 Å². The van der Waals surface area contributed by atoms with Crippen molar-refractivity contribution in [2.75, 3.05) is 13.2 Å². The van der Waals surface area contributed by atoms with Crippen LogP contribution in [-0.2, 0) is 0 Å². The average Bonchev–Trinajstić information content (AvgIpc) is 2.48. The molecule has 20 heavy (non-hydrogen) atoms. The van der Waals surface area contributed by atoms with Crippen molar-refractivity contribution in [3.63, 3.8) is 0 Å². The second-order valence-corrected chi connectivity index (χ2v) is 5.18. The molecule has 0 aliphatic carbocycles. The fourth-order valence-corrected chi connectivity index (χ4v) is 2.11. The maximum absolute atomic E-state index is 5.77. The predicted octanol–water partition coefficient (Wildman–Crippen LogP) is 4.03. The van der Waals surface area contributed by atoms with Crippen molar-refractivity contribution in [2.45, 2.75) is 26.8 Å². The Morgan fingerprint density at radius 1 is 1.00 bits per heavy atom. The monoisotopic (exact) mass is 269 g/mol. The van der Waals surface area contributed by atoms with Gasteiger partial charge in [-0.15, -0.1) is 0 Å². The molecule has 0 aliphatic rings. The largest absolute Gasteiger partial charge is 0.492 e. The zero-order valence-corrected chi connectivity index (χ0v) is 12.5. The molecule has 0 aromatic heterocycles. The van der Waals surface area contributed by atoms with Crippen LogP contribution in [0.25, 0.3) is 0 Å². The van der Waals surface area contributed by atoms with E-state index < -0.39 is 0 Å². The van der Waals surface area contributed by atoms with Crippen molar-refractivity contribution in [1.29, 1.82) is 0 Å². The van der Waals surface area contributed by atoms with Crippen LogP contribution in [0.15, 0.2) is 48.5 Å². The Hall–Kier alpha value is -1.80. The molecular weight excluding hydrogens is 246 g/mol. The molecule has 0 amide bonds. The standard InChI is InChI=1S/C18H23NO/c1-14-9-10-18(13-15(14)2)20-12-11-19-16(3)17-7-5-4-6-8-17/h4-10,13,16,19H,11-12H2,1-3H3/t16-/m1/s1. The smallest absolute Gasteiger partial charge is 0.119 e. The Balaban J connectivity index is 1.75. The Bertz CT molecular complexity index is 536. The molecule has 2 rings (SSSR count). The lowest BCUT2D eigenvalue weighted by molar-refractivity contribution is 0.307. The van der Waals surface area contributed by atoms with Gasteiger partial charge in [0, 0.05) is 12.6 Å². The fraction of sp³-hybridized carbons (Fsp3) is 0.333. The van der Waals surface area contributed by atoms with E-state index >= 15 is 0 Å². The molecule has 0 saturated heterocycles. The summed E-state index contributed by atoms with van der Waals surface area (Å²) in [5.74, 6) is 0.947. The molecule has 0 spiro atoms. The highest BCUT2D eigenvalue weighted by Gasteiger charge is 2.03. The van der Waals surface area contributed by atoms with Crippen LogP contribution in [0.5, 0.6) is 5.75 Å². The molecular formula is C18H23NO. The first kappa shape index (κ1) is 14.6. The molecule has 1 N–H and O–H groups in total. The lowest BCUT2D eigenvalue weighted by Crippen LogP contribution is -2.24. The summed E-state index contributed by atoms with van der Waals surface area (Å²) in [4.78, 5) is 0. The molecule has 0 bridgehead atoms. The van der Waals surface area contributed by atoms with Crippen LogP contribution in [0.4, 0.5) is 0 Å². The van der Waals surface area contributed by atoms with Gasteiger partial charge in [0.15, 0.2) is 0 Å². The van der Waals surface area contributed by atoms with Gasteiger partial charge < -0.3 is 10.1 Å². The first-order valence-corrected chi connectivity index (χ1v) is 7.15. The summed E-state index contributed by atoms with van der Waals surface area (Å²) in [6.45, 7) is 7.91. The van der Waals surface area contributed by atoms with Crippen molar-refractivity contribution < 1.29 is 4.74 Å². The minimum absolute atomic E-state index is 0.347. The number of rotatable bonds is 6. The summed E-state index contributed by atoms with van der Waals surface area (Å²) >= 11 is 0. The highest BCUT2D eigenvalue weighted by atomic mass is 16.5. The van der Waals surface area contributed by atoms with Gasteiger partial charge in [0.2, 0.25) is 0 Å². The van der Waals surface area contributed by atoms with Gasteiger partial charge in [0.1, 0.15) is 12.4 Å². The number of nitrogens with one attached hydrogen (secondary N) is 1. The van der Waals surface area contributed by atoms with Gasteiger partial charge in [-0.1, -0.05) is 36.4 Å². The summed E-state index contributed by atoms with van der Waals surface area (Å²) < 4.78 is 5.77. The molecule has 0 heterocycles.